The summed E-state index contributed by atoms with van der Waals surface area (Å²) in [5, 5.41) is 6.57. The van der Waals surface area contributed by atoms with E-state index in [0.29, 0.717) is 45.2 Å². The Balaban J connectivity index is 0.00000480. The molecule has 1 aromatic rings. The maximum absolute atomic E-state index is 13.4. The molecule has 0 radical (unpaired) electrons. The van der Waals surface area contributed by atoms with Crippen molar-refractivity contribution in [1.29, 1.82) is 0 Å². The Bertz CT molecular complexity index is 774. The van der Waals surface area contributed by atoms with Gasteiger partial charge in [0.25, 0.3) is 0 Å². The highest BCUT2D eigenvalue weighted by atomic mass is 127. The van der Waals surface area contributed by atoms with E-state index in [1.165, 1.54) is 16.4 Å². The number of benzene rings is 1. The minimum atomic E-state index is -3.15. The van der Waals surface area contributed by atoms with Gasteiger partial charge in [-0.25, -0.2) is 17.1 Å². The van der Waals surface area contributed by atoms with Crippen molar-refractivity contribution in [1.82, 2.24) is 19.8 Å². The molecule has 1 aromatic carbocycles. The highest BCUT2D eigenvalue weighted by Gasteiger charge is 2.23. The third-order valence-corrected chi connectivity index (χ3v) is 7.07. The van der Waals surface area contributed by atoms with Gasteiger partial charge in [0, 0.05) is 46.8 Å². The molecular formula is C20H35FIN5O3S. The second-order valence-electron chi connectivity index (χ2n) is 7.17. The third kappa shape index (κ3) is 9.16. The summed E-state index contributed by atoms with van der Waals surface area (Å²) in [5.74, 6) is 0.503. The molecule has 1 unspecified atom stereocenters. The fourth-order valence-corrected chi connectivity index (χ4v) is 4.16. The van der Waals surface area contributed by atoms with Crippen LogP contribution in [0.4, 0.5) is 4.39 Å². The number of nitrogens with zero attached hydrogens (tertiary/aromatic N) is 3. The Morgan fingerprint density at radius 3 is 2.48 bits per heavy atom. The first kappa shape index (κ1) is 28.0. The van der Waals surface area contributed by atoms with Crippen LogP contribution in [0, 0.1) is 5.82 Å². The smallest absolute Gasteiger partial charge is 0.213 e. The highest BCUT2D eigenvalue weighted by Crippen LogP contribution is 2.21. The number of ether oxygens (including phenoxy) is 1. The predicted octanol–water partition coefficient (Wildman–Crippen LogP) is 1.65. The van der Waals surface area contributed by atoms with E-state index in [1.54, 1.807) is 21.0 Å². The van der Waals surface area contributed by atoms with Crippen LogP contribution in [0.15, 0.2) is 29.3 Å². The van der Waals surface area contributed by atoms with Crippen LogP contribution in [0.5, 0.6) is 0 Å². The van der Waals surface area contributed by atoms with Crippen LogP contribution in [-0.2, 0) is 14.8 Å². The Morgan fingerprint density at radius 1 is 1.26 bits per heavy atom. The lowest BCUT2D eigenvalue weighted by Crippen LogP contribution is -2.46. The average Bonchev–Trinajstić information content (AvgIpc) is 2.76. The van der Waals surface area contributed by atoms with Crippen molar-refractivity contribution in [3.05, 3.63) is 35.6 Å². The monoisotopic (exact) mass is 571 g/mol. The van der Waals surface area contributed by atoms with E-state index in [0.717, 1.165) is 18.7 Å². The summed E-state index contributed by atoms with van der Waals surface area (Å²) in [5.41, 5.74) is 1.03. The summed E-state index contributed by atoms with van der Waals surface area (Å²) in [6.45, 7) is 6.28. The summed E-state index contributed by atoms with van der Waals surface area (Å²) in [6, 6.07) is 6.66. The molecule has 0 bridgehead atoms. The predicted molar refractivity (Wildman–Crippen MR) is 133 cm³/mol. The first-order valence-corrected chi connectivity index (χ1v) is 11.9. The van der Waals surface area contributed by atoms with Gasteiger partial charge in [0.2, 0.25) is 10.0 Å². The van der Waals surface area contributed by atoms with Gasteiger partial charge < -0.3 is 15.4 Å². The molecule has 0 spiro atoms. The normalized spacial score (nSPS) is 16.6. The lowest BCUT2D eigenvalue weighted by atomic mass is 10.0. The van der Waals surface area contributed by atoms with E-state index in [4.69, 9.17) is 4.74 Å². The fourth-order valence-electron chi connectivity index (χ4n) is 3.31. The number of halogens is 2. The van der Waals surface area contributed by atoms with Gasteiger partial charge in [-0.15, -0.1) is 24.0 Å². The summed E-state index contributed by atoms with van der Waals surface area (Å²) >= 11 is 0. The van der Waals surface area contributed by atoms with E-state index in [2.05, 4.69) is 20.5 Å². The van der Waals surface area contributed by atoms with Gasteiger partial charge in [0.1, 0.15) is 5.82 Å². The van der Waals surface area contributed by atoms with Crippen molar-refractivity contribution in [2.24, 2.45) is 4.99 Å². The van der Waals surface area contributed by atoms with Crippen molar-refractivity contribution in [2.45, 2.75) is 19.4 Å². The molecule has 0 aromatic heterocycles. The summed E-state index contributed by atoms with van der Waals surface area (Å²) in [6.07, 6.45) is 0.668. The molecule has 2 rings (SSSR count). The number of sulfonamides is 1. The zero-order valence-electron chi connectivity index (χ0n) is 18.5. The topological polar surface area (TPSA) is 86.3 Å². The molecule has 1 saturated heterocycles. The van der Waals surface area contributed by atoms with Gasteiger partial charge in [-0.05, 0) is 31.0 Å². The van der Waals surface area contributed by atoms with E-state index in [-0.39, 0.29) is 41.6 Å². The van der Waals surface area contributed by atoms with E-state index in [9.17, 15) is 12.8 Å². The second kappa shape index (κ2) is 14.2. The number of hydrogen-bond acceptors (Lipinski definition) is 5. The summed E-state index contributed by atoms with van der Waals surface area (Å²) < 4.78 is 43.8. The van der Waals surface area contributed by atoms with Crippen LogP contribution in [0.1, 0.15) is 24.9 Å². The highest BCUT2D eigenvalue weighted by molar-refractivity contribution is 14.0. The van der Waals surface area contributed by atoms with Gasteiger partial charge >= 0.3 is 0 Å². The largest absolute Gasteiger partial charge is 0.379 e. The Morgan fingerprint density at radius 2 is 1.90 bits per heavy atom. The van der Waals surface area contributed by atoms with E-state index >= 15 is 0 Å². The van der Waals surface area contributed by atoms with Gasteiger partial charge in [0.05, 0.1) is 25.0 Å². The number of rotatable bonds is 10. The van der Waals surface area contributed by atoms with Gasteiger partial charge in [-0.3, -0.25) is 9.89 Å². The number of nitrogens with one attached hydrogen (secondary N) is 2. The molecular weight excluding hydrogens is 536 g/mol. The number of guanidine groups is 1. The Hall–Kier alpha value is -1.02. The van der Waals surface area contributed by atoms with Crippen LogP contribution in [0.25, 0.3) is 0 Å². The third-order valence-electron chi connectivity index (χ3n) is 5.21. The van der Waals surface area contributed by atoms with Gasteiger partial charge in [0.15, 0.2) is 5.96 Å². The van der Waals surface area contributed by atoms with Crippen LogP contribution >= 0.6 is 24.0 Å². The molecule has 1 fully saturated rings. The maximum atomic E-state index is 13.4. The molecule has 8 nitrogen and oxygen atoms in total. The van der Waals surface area contributed by atoms with E-state index < -0.39 is 10.0 Å². The number of hydrogen-bond donors (Lipinski definition) is 2. The molecule has 0 saturated carbocycles. The fraction of sp³-hybridized carbons (Fsp3) is 0.650. The molecule has 1 aliphatic heterocycles. The standard InChI is InChI=1S/C20H34FN5O3S.HI/c1-4-30(27,28)25(3)11-5-10-23-20(22-2)24-16-19(26-12-14-29-15-13-26)17-6-8-18(21)9-7-17;/h6-9,19H,4-5,10-16H2,1-3H3,(H2,22,23,24);1H. The van der Waals surface area contributed by atoms with Crippen LogP contribution in [0.2, 0.25) is 0 Å². The van der Waals surface area contributed by atoms with Crippen molar-refractivity contribution < 1.29 is 17.5 Å². The lowest BCUT2D eigenvalue weighted by Gasteiger charge is -2.35. The zero-order chi connectivity index (χ0) is 22.0. The van der Waals surface area contributed by atoms with Crippen molar-refractivity contribution >= 4 is 40.0 Å². The molecule has 11 heteroatoms. The SMILES string of the molecule is CCS(=O)(=O)N(C)CCCNC(=NC)NCC(c1ccc(F)cc1)N1CCOCC1.I. The number of aliphatic imine (C=N–C) groups is 1. The minimum Gasteiger partial charge on any atom is -0.379 e. The van der Waals surface area contributed by atoms with Crippen molar-refractivity contribution in [3.63, 3.8) is 0 Å². The average molecular weight is 572 g/mol. The van der Waals surface area contributed by atoms with E-state index in [1.807, 2.05) is 12.1 Å². The molecule has 1 atom stereocenters. The zero-order valence-corrected chi connectivity index (χ0v) is 21.7. The number of morpholine rings is 1. The summed E-state index contributed by atoms with van der Waals surface area (Å²) in [7, 11) is 0.143. The van der Waals surface area contributed by atoms with Crippen molar-refractivity contribution in [3.8, 4) is 0 Å². The molecule has 31 heavy (non-hydrogen) atoms. The molecule has 0 aliphatic carbocycles. The Labute approximate surface area is 202 Å². The lowest BCUT2D eigenvalue weighted by molar-refractivity contribution is 0.0170. The van der Waals surface area contributed by atoms with Crippen LogP contribution in [-0.4, -0.2) is 89.4 Å². The molecule has 1 aliphatic rings. The summed E-state index contributed by atoms with van der Waals surface area (Å²) in [4.78, 5) is 6.57. The van der Waals surface area contributed by atoms with Gasteiger partial charge in [-0.1, -0.05) is 12.1 Å². The van der Waals surface area contributed by atoms with Crippen molar-refractivity contribution in [2.75, 3.05) is 65.8 Å². The molecule has 1 heterocycles. The van der Waals surface area contributed by atoms with Gasteiger partial charge in [-0.2, -0.15) is 0 Å². The maximum Gasteiger partial charge on any atom is 0.213 e. The van der Waals surface area contributed by atoms with Crippen LogP contribution < -0.4 is 10.6 Å². The van der Waals surface area contributed by atoms with Crippen LogP contribution in [0.3, 0.4) is 0 Å². The second-order valence-corrected chi connectivity index (χ2v) is 9.54. The molecule has 2 N–H and O–H groups in total. The quantitative estimate of drug-likeness (QED) is 0.192. The molecule has 178 valence electrons. The first-order chi connectivity index (χ1) is 14.4. The Kier molecular flexibility index (Phi) is 12.8. The molecule has 0 amide bonds. The minimum absolute atomic E-state index is 0. The first-order valence-electron chi connectivity index (χ1n) is 10.3.